The van der Waals surface area contributed by atoms with Crippen LogP contribution in [0.3, 0.4) is 0 Å². The first kappa shape index (κ1) is 30.2. The number of rotatable bonds is 14. The molecular weight excluding hydrogens is 491 g/mol. The van der Waals surface area contributed by atoms with Gasteiger partial charge in [0, 0.05) is 6.04 Å². The van der Waals surface area contributed by atoms with Crippen molar-refractivity contribution >= 4 is 8.80 Å². The Morgan fingerprint density at radius 1 is 0.581 bits per heavy atom. The van der Waals surface area contributed by atoms with Crippen molar-refractivity contribution < 1.29 is 70.4 Å². The number of hydrogen-bond donors (Lipinski definition) is 0. The van der Waals surface area contributed by atoms with E-state index in [1.165, 1.54) is 0 Å². The monoisotopic (exact) mass is 510 g/mol. The zero-order chi connectivity index (χ0) is 24.8. The highest BCUT2D eigenvalue weighted by Crippen LogP contribution is 2.46. The van der Waals surface area contributed by atoms with Gasteiger partial charge in [-0.25, -0.2) is 4.39 Å². The molecule has 0 bridgehead atoms. The SMILES string of the molecule is CCCCCCCC[Si](OC(F)(F)CF)(OC(F)(F)C(F)(F)F)OC(F)(F)C(F)(F)F. The van der Waals surface area contributed by atoms with Crippen LogP contribution in [-0.2, 0) is 13.3 Å². The fraction of sp³-hybridized carbons (Fsp3) is 1.00. The van der Waals surface area contributed by atoms with Crippen LogP contribution in [0.25, 0.3) is 0 Å². The van der Waals surface area contributed by atoms with Crippen LogP contribution >= 0.6 is 0 Å². The molecule has 0 aromatic heterocycles. The van der Waals surface area contributed by atoms with Crippen molar-refractivity contribution in [1.82, 2.24) is 0 Å². The van der Waals surface area contributed by atoms with Gasteiger partial charge in [0.15, 0.2) is 6.67 Å². The minimum absolute atomic E-state index is 0.179. The highest BCUT2D eigenvalue weighted by molar-refractivity contribution is 6.61. The molecule has 0 aromatic rings. The molecule has 0 radical (unpaired) electrons. The maximum absolute atomic E-state index is 13.3. The Bertz CT molecular complexity index is 509. The van der Waals surface area contributed by atoms with Crippen LogP contribution in [0.2, 0.25) is 6.04 Å². The summed E-state index contributed by atoms with van der Waals surface area (Å²) in [4.78, 5) is 0. The average Bonchev–Trinajstić information content (AvgIpc) is 2.54. The van der Waals surface area contributed by atoms with Crippen molar-refractivity contribution in [1.29, 1.82) is 0 Å². The van der Waals surface area contributed by atoms with Gasteiger partial charge in [-0.2, -0.15) is 52.7 Å². The summed E-state index contributed by atoms with van der Waals surface area (Å²) in [6.45, 7) is -1.19. The van der Waals surface area contributed by atoms with Crippen LogP contribution in [0.1, 0.15) is 45.4 Å². The second-order valence-corrected chi connectivity index (χ2v) is 8.79. The summed E-state index contributed by atoms with van der Waals surface area (Å²) in [5, 5.41) is 0. The fourth-order valence-corrected chi connectivity index (χ4v) is 4.73. The van der Waals surface area contributed by atoms with Gasteiger partial charge in [0.05, 0.1) is 0 Å². The summed E-state index contributed by atoms with van der Waals surface area (Å²) in [5.41, 5.74) is 0. The largest absolute Gasteiger partial charge is 0.514 e. The molecule has 0 fully saturated rings. The van der Waals surface area contributed by atoms with E-state index >= 15 is 0 Å². The van der Waals surface area contributed by atoms with E-state index in [9.17, 15) is 57.1 Å². The molecule has 0 aliphatic carbocycles. The lowest BCUT2D eigenvalue weighted by atomic mass is 10.1. The van der Waals surface area contributed by atoms with Gasteiger partial charge < -0.3 is 13.3 Å². The first-order valence-electron chi connectivity index (χ1n) is 8.67. The van der Waals surface area contributed by atoms with E-state index in [1.807, 2.05) is 0 Å². The molecule has 0 saturated heterocycles. The molecule has 0 atom stereocenters. The van der Waals surface area contributed by atoms with Gasteiger partial charge in [-0.3, -0.25) is 0 Å². The summed E-state index contributed by atoms with van der Waals surface area (Å²) in [6, 6.07) is -1.73. The zero-order valence-corrected chi connectivity index (χ0v) is 16.8. The van der Waals surface area contributed by atoms with Crippen molar-refractivity contribution in [2.75, 3.05) is 6.67 Å². The number of hydrogen-bond acceptors (Lipinski definition) is 3. The van der Waals surface area contributed by atoms with E-state index in [1.54, 1.807) is 6.92 Å². The second-order valence-electron chi connectivity index (χ2n) is 6.31. The smallest absolute Gasteiger partial charge is 0.311 e. The molecule has 0 aliphatic heterocycles. The normalized spacial score (nSPS) is 14.9. The lowest BCUT2D eigenvalue weighted by Crippen LogP contribution is -2.62. The van der Waals surface area contributed by atoms with Crippen LogP contribution < -0.4 is 0 Å². The van der Waals surface area contributed by atoms with Gasteiger partial charge in [0.1, 0.15) is 0 Å². The molecular formula is C14H19F13O3Si. The van der Waals surface area contributed by atoms with Crippen molar-refractivity contribution in [3.63, 3.8) is 0 Å². The van der Waals surface area contributed by atoms with E-state index in [4.69, 9.17) is 0 Å². The highest BCUT2D eigenvalue weighted by Gasteiger charge is 2.71. The van der Waals surface area contributed by atoms with E-state index in [2.05, 4.69) is 13.3 Å². The summed E-state index contributed by atoms with van der Waals surface area (Å²) >= 11 is 0. The first-order chi connectivity index (χ1) is 13.7. The molecule has 31 heavy (non-hydrogen) atoms. The maximum Gasteiger partial charge on any atom is 0.514 e. The first-order valence-corrected chi connectivity index (χ1v) is 10.6. The zero-order valence-electron chi connectivity index (χ0n) is 15.8. The lowest BCUT2D eigenvalue weighted by molar-refractivity contribution is -0.405. The molecule has 3 nitrogen and oxygen atoms in total. The average molecular weight is 510 g/mol. The van der Waals surface area contributed by atoms with Crippen molar-refractivity contribution in [2.24, 2.45) is 0 Å². The standard InChI is InChI=1S/C14H19F13O3Si/c1-2-3-4-5-6-7-8-31(28-10(16,17)9-15,29-13(24,25)11(18,19)20)30-14(26,27)12(21,22)23/h2-9H2,1H3. The van der Waals surface area contributed by atoms with Crippen LogP contribution in [-0.4, -0.2) is 46.2 Å². The van der Waals surface area contributed by atoms with E-state index < -0.39 is 58.6 Å². The molecule has 17 heteroatoms. The molecule has 188 valence electrons. The Hall–Kier alpha value is -0.813. The Morgan fingerprint density at radius 3 is 1.32 bits per heavy atom. The Balaban J connectivity index is 6.09. The van der Waals surface area contributed by atoms with Crippen LogP contribution in [0.4, 0.5) is 57.1 Å². The van der Waals surface area contributed by atoms with Gasteiger partial charge in [-0.15, -0.1) is 0 Å². The van der Waals surface area contributed by atoms with Gasteiger partial charge in [0.2, 0.25) is 0 Å². The third kappa shape index (κ3) is 9.69. The third-order valence-electron chi connectivity index (χ3n) is 3.52. The molecule has 0 N–H and O–H groups in total. The molecule has 0 spiro atoms. The van der Waals surface area contributed by atoms with Crippen molar-refractivity contribution in [2.45, 2.75) is 82.2 Å². The van der Waals surface area contributed by atoms with Crippen LogP contribution in [0, 0.1) is 0 Å². The summed E-state index contributed by atoms with van der Waals surface area (Å²) in [5.74, 6) is 0. The minimum Gasteiger partial charge on any atom is -0.311 e. The van der Waals surface area contributed by atoms with Gasteiger partial charge in [-0.1, -0.05) is 39.0 Å². The topological polar surface area (TPSA) is 27.7 Å². The number of alkyl halides is 13. The second kappa shape index (κ2) is 10.9. The Kier molecular flexibility index (Phi) is 10.6. The van der Waals surface area contributed by atoms with Crippen molar-refractivity contribution in [3.05, 3.63) is 0 Å². The fourth-order valence-electron chi connectivity index (χ4n) is 2.10. The van der Waals surface area contributed by atoms with Crippen LogP contribution in [0.15, 0.2) is 0 Å². The minimum atomic E-state index is -6.94. The molecule has 0 amide bonds. The Labute approximate surface area is 169 Å². The van der Waals surface area contributed by atoms with Gasteiger partial charge in [0.25, 0.3) is 0 Å². The number of halogens is 13. The predicted octanol–water partition coefficient (Wildman–Crippen LogP) is 7.21. The predicted molar refractivity (Wildman–Crippen MR) is 80.1 cm³/mol. The maximum atomic E-state index is 13.3. The van der Waals surface area contributed by atoms with E-state index in [-0.39, 0.29) is 12.8 Å². The lowest BCUT2D eigenvalue weighted by Gasteiger charge is -2.37. The summed E-state index contributed by atoms with van der Waals surface area (Å²) < 4.78 is 176. The Morgan fingerprint density at radius 2 is 0.968 bits per heavy atom. The van der Waals surface area contributed by atoms with E-state index in [0.717, 1.165) is 0 Å². The van der Waals surface area contributed by atoms with Gasteiger partial charge in [-0.05, 0) is 6.42 Å². The quantitative estimate of drug-likeness (QED) is 0.140. The molecule has 0 aliphatic rings. The summed E-state index contributed by atoms with van der Waals surface area (Å²) in [7, 11) is -6.94. The molecule has 0 saturated carbocycles. The third-order valence-corrected chi connectivity index (χ3v) is 6.23. The molecule has 0 heterocycles. The van der Waals surface area contributed by atoms with E-state index in [0.29, 0.717) is 19.3 Å². The summed E-state index contributed by atoms with van der Waals surface area (Å²) in [6.07, 6.45) is -30.8. The van der Waals surface area contributed by atoms with Gasteiger partial charge >= 0.3 is 39.5 Å². The highest BCUT2D eigenvalue weighted by atomic mass is 28.4. The molecule has 0 rings (SSSR count). The number of unbranched alkanes of at least 4 members (excludes halogenated alkanes) is 5. The molecule has 0 aromatic carbocycles. The van der Waals surface area contributed by atoms with Crippen LogP contribution in [0.5, 0.6) is 0 Å². The van der Waals surface area contributed by atoms with Crippen molar-refractivity contribution in [3.8, 4) is 0 Å². The molecule has 0 unspecified atom stereocenters.